The fourth-order valence-corrected chi connectivity index (χ4v) is 3.36. The second-order valence-electron chi connectivity index (χ2n) is 7.02. The summed E-state index contributed by atoms with van der Waals surface area (Å²) in [7, 11) is -3.50. The lowest BCUT2D eigenvalue weighted by atomic mass is 10.1. The lowest BCUT2D eigenvalue weighted by Crippen LogP contribution is -2.21. The Morgan fingerprint density at radius 3 is 2.35 bits per heavy atom. The first kappa shape index (κ1) is 24.6. The average molecular weight is 489 g/mol. The van der Waals surface area contributed by atoms with Crippen LogP contribution in [0.3, 0.4) is 0 Å². The van der Waals surface area contributed by atoms with Crippen molar-refractivity contribution in [2.75, 3.05) is 16.9 Å². The minimum Gasteiger partial charge on any atom is -0.336 e. The Hall–Kier alpha value is -4.06. The fourth-order valence-electron chi connectivity index (χ4n) is 2.69. The van der Waals surface area contributed by atoms with Gasteiger partial charge in [0, 0.05) is 29.8 Å². The number of amides is 1. The molecular formula is C22H18F3N5O3S. The third kappa shape index (κ3) is 6.48. The Kier molecular flexibility index (Phi) is 7.11. The van der Waals surface area contributed by atoms with Gasteiger partial charge in [-0.15, -0.1) is 0 Å². The molecule has 0 aliphatic carbocycles. The first-order valence-corrected chi connectivity index (χ1v) is 11.4. The predicted octanol–water partition coefficient (Wildman–Crippen LogP) is 4.06. The molecule has 0 saturated heterocycles. The Morgan fingerprint density at radius 2 is 1.76 bits per heavy atom. The van der Waals surface area contributed by atoms with Gasteiger partial charge in [0.15, 0.2) is 9.84 Å². The highest BCUT2D eigenvalue weighted by molar-refractivity contribution is 7.90. The maximum Gasteiger partial charge on any atom is 0.431 e. The molecule has 0 fully saturated rings. The minimum absolute atomic E-state index is 0.0267. The van der Waals surface area contributed by atoms with Crippen LogP contribution in [-0.4, -0.2) is 42.4 Å². The van der Waals surface area contributed by atoms with Gasteiger partial charge >= 0.3 is 6.18 Å². The summed E-state index contributed by atoms with van der Waals surface area (Å²) >= 11 is 0. The molecule has 12 heteroatoms. The third-order valence-corrected chi connectivity index (χ3v) is 5.49. The van der Waals surface area contributed by atoms with Crippen molar-refractivity contribution in [3.05, 3.63) is 90.0 Å². The first-order valence-electron chi connectivity index (χ1n) is 9.56. The van der Waals surface area contributed by atoms with Crippen LogP contribution in [-0.2, 0) is 9.84 Å². The van der Waals surface area contributed by atoms with Crippen LogP contribution in [0.1, 0.15) is 15.9 Å². The summed E-state index contributed by atoms with van der Waals surface area (Å²) < 4.78 is 63.7. The highest BCUT2D eigenvalue weighted by Crippen LogP contribution is 2.27. The van der Waals surface area contributed by atoms with Crippen molar-refractivity contribution in [3.8, 4) is 0 Å². The van der Waals surface area contributed by atoms with Crippen LogP contribution in [0, 0.1) is 5.41 Å². The van der Waals surface area contributed by atoms with Gasteiger partial charge < -0.3 is 16.0 Å². The van der Waals surface area contributed by atoms with Gasteiger partial charge in [0.25, 0.3) is 5.91 Å². The molecule has 0 aliphatic rings. The maximum atomic E-state index is 13.5. The standard InChI is InChI=1S/C22H18F3N5O3S/c1-34(32,33)17-6-2-4-14(10-17)21(31)29-16-7-8-20(28-13-16)30-19(22(23,24)25)11-18(26)15-5-3-9-27-12-15/h2-13,26H,1H3,(H,28,30)(H,29,31)/b19-11-,26-18?. The lowest BCUT2D eigenvalue weighted by molar-refractivity contribution is -0.0901. The highest BCUT2D eigenvalue weighted by atomic mass is 32.2. The Morgan fingerprint density at radius 1 is 1.03 bits per heavy atom. The van der Waals surface area contributed by atoms with Crippen molar-refractivity contribution in [2.24, 2.45) is 0 Å². The Balaban J connectivity index is 1.75. The highest BCUT2D eigenvalue weighted by Gasteiger charge is 2.34. The van der Waals surface area contributed by atoms with Crippen LogP contribution >= 0.6 is 0 Å². The lowest BCUT2D eigenvalue weighted by Gasteiger charge is -2.14. The second kappa shape index (κ2) is 9.83. The SMILES string of the molecule is CS(=O)(=O)c1cccc(C(=O)Nc2ccc(N/C(=C\C(=N)c3cccnc3)C(F)(F)F)nc2)c1. The van der Waals surface area contributed by atoms with Crippen LogP contribution in [0.25, 0.3) is 0 Å². The first-order chi connectivity index (χ1) is 15.9. The van der Waals surface area contributed by atoms with Gasteiger partial charge in [-0.05, 0) is 48.5 Å². The molecule has 2 heterocycles. The summed E-state index contributed by atoms with van der Waals surface area (Å²) in [4.78, 5) is 20.0. The number of nitrogens with zero attached hydrogens (tertiary/aromatic N) is 2. The van der Waals surface area contributed by atoms with E-state index in [0.717, 1.165) is 12.5 Å². The van der Waals surface area contributed by atoms with Gasteiger partial charge in [-0.2, -0.15) is 13.2 Å². The molecule has 0 spiro atoms. The molecule has 8 nitrogen and oxygen atoms in total. The zero-order valence-electron chi connectivity index (χ0n) is 17.6. The Labute approximate surface area is 193 Å². The number of pyridine rings is 2. The van der Waals surface area contributed by atoms with Crippen molar-refractivity contribution in [1.82, 2.24) is 9.97 Å². The van der Waals surface area contributed by atoms with Crippen LogP contribution in [0.5, 0.6) is 0 Å². The molecule has 34 heavy (non-hydrogen) atoms. The predicted molar refractivity (Wildman–Crippen MR) is 121 cm³/mol. The topological polar surface area (TPSA) is 125 Å². The minimum atomic E-state index is -4.78. The van der Waals surface area contributed by atoms with E-state index >= 15 is 0 Å². The van der Waals surface area contributed by atoms with E-state index < -0.39 is 33.3 Å². The number of halogens is 3. The number of carbonyl (C=O) groups excluding carboxylic acids is 1. The van der Waals surface area contributed by atoms with Gasteiger partial charge in [-0.25, -0.2) is 13.4 Å². The van der Waals surface area contributed by atoms with E-state index in [1.807, 2.05) is 0 Å². The zero-order chi connectivity index (χ0) is 24.9. The number of hydrogen-bond acceptors (Lipinski definition) is 7. The molecular weight excluding hydrogens is 471 g/mol. The van der Waals surface area contributed by atoms with E-state index in [1.165, 1.54) is 60.9 Å². The summed E-state index contributed by atoms with van der Waals surface area (Å²) in [5.41, 5.74) is -1.13. The van der Waals surface area contributed by atoms with E-state index in [-0.39, 0.29) is 27.5 Å². The number of nitrogens with one attached hydrogen (secondary N) is 3. The summed E-state index contributed by atoms with van der Waals surface area (Å²) in [5.74, 6) is -0.784. The molecule has 0 radical (unpaired) electrons. The van der Waals surface area contributed by atoms with Gasteiger partial charge in [-0.1, -0.05) is 6.07 Å². The smallest absolute Gasteiger partial charge is 0.336 e. The molecule has 0 atom stereocenters. The molecule has 3 N–H and O–H groups in total. The number of benzene rings is 1. The monoisotopic (exact) mass is 489 g/mol. The van der Waals surface area contributed by atoms with Crippen LogP contribution in [0.15, 0.2) is 83.8 Å². The van der Waals surface area contributed by atoms with Gasteiger partial charge in [0.2, 0.25) is 0 Å². The average Bonchev–Trinajstić information content (AvgIpc) is 2.79. The van der Waals surface area contributed by atoms with Crippen molar-refractivity contribution >= 4 is 33.0 Å². The number of rotatable bonds is 7. The summed E-state index contributed by atoms with van der Waals surface area (Å²) in [6.45, 7) is 0. The normalized spacial score (nSPS) is 12.2. The molecule has 1 amide bonds. The van der Waals surface area contributed by atoms with E-state index in [4.69, 9.17) is 5.41 Å². The molecule has 0 bridgehead atoms. The second-order valence-corrected chi connectivity index (χ2v) is 9.04. The van der Waals surface area contributed by atoms with E-state index in [2.05, 4.69) is 20.6 Å². The van der Waals surface area contributed by atoms with Gasteiger partial charge in [-0.3, -0.25) is 9.78 Å². The quantitative estimate of drug-likeness (QED) is 0.430. The largest absolute Gasteiger partial charge is 0.431 e. The van der Waals surface area contributed by atoms with Crippen molar-refractivity contribution in [3.63, 3.8) is 0 Å². The van der Waals surface area contributed by atoms with Gasteiger partial charge in [0.1, 0.15) is 11.5 Å². The molecule has 1 aromatic carbocycles. The van der Waals surface area contributed by atoms with Crippen LogP contribution < -0.4 is 10.6 Å². The number of sulfone groups is 1. The van der Waals surface area contributed by atoms with E-state index in [0.29, 0.717) is 6.08 Å². The zero-order valence-corrected chi connectivity index (χ0v) is 18.4. The Bertz CT molecular complexity index is 1340. The molecule has 2 aromatic heterocycles. The summed E-state index contributed by atoms with van der Waals surface area (Å²) in [5, 5.41) is 12.5. The molecule has 3 rings (SSSR count). The molecule has 0 aliphatic heterocycles. The number of allylic oxidation sites excluding steroid dienone is 2. The number of aromatic nitrogens is 2. The van der Waals surface area contributed by atoms with Crippen molar-refractivity contribution in [1.29, 1.82) is 5.41 Å². The number of anilines is 2. The summed E-state index contributed by atoms with van der Waals surface area (Å²) in [6.07, 6.45) is 0.712. The number of carbonyl (C=O) groups is 1. The van der Waals surface area contributed by atoms with Crippen molar-refractivity contribution < 1.29 is 26.4 Å². The number of alkyl halides is 3. The molecule has 0 unspecified atom stereocenters. The number of hydrogen-bond donors (Lipinski definition) is 3. The summed E-state index contributed by atoms with van der Waals surface area (Å²) in [6, 6.07) is 10.9. The maximum absolute atomic E-state index is 13.5. The van der Waals surface area contributed by atoms with E-state index in [1.54, 1.807) is 0 Å². The van der Waals surface area contributed by atoms with Crippen LogP contribution in [0.2, 0.25) is 0 Å². The van der Waals surface area contributed by atoms with Crippen molar-refractivity contribution in [2.45, 2.75) is 11.1 Å². The van der Waals surface area contributed by atoms with Crippen LogP contribution in [0.4, 0.5) is 24.7 Å². The van der Waals surface area contributed by atoms with Gasteiger partial charge in [0.05, 0.1) is 22.5 Å². The molecule has 176 valence electrons. The fraction of sp³-hybridized carbons (Fsp3) is 0.0909. The third-order valence-electron chi connectivity index (χ3n) is 4.38. The van der Waals surface area contributed by atoms with E-state index in [9.17, 15) is 26.4 Å². The molecule has 0 saturated carbocycles. The molecule has 3 aromatic rings.